The van der Waals surface area contributed by atoms with Gasteiger partial charge in [0.15, 0.2) is 0 Å². The molecule has 2 fully saturated rings. The lowest BCUT2D eigenvalue weighted by Gasteiger charge is -2.42. The van der Waals surface area contributed by atoms with Crippen LogP contribution >= 0.6 is 0 Å². The molecule has 1 atom stereocenters. The fourth-order valence-corrected chi connectivity index (χ4v) is 4.76. The summed E-state index contributed by atoms with van der Waals surface area (Å²) in [5.74, 6) is 1.63. The molecule has 0 radical (unpaired) electrons. The van der Waals surface area contributed by atoms with E-state index in [-0.39, 0.29) is 0 Å². The molecule has 3 rings (SSSR count). The number of methoxy groups -OCH3 is 3. The molecule has 0 aromatic heterocycles. The number of likely N-dealkylation sites (tertiary alicyclic amines) is 2. The molecule has 0 saturated carbocycles. The molecule has 5 heteroatoms. The highest BCUT2D eigenvalue weighted by Gasteiger charge is 2.47. The highest BCUT2D eigenvalue weighted by Crippen LogP contribution is 2.45. The van der Waals surface area contributed by atoms with Crippen molar-refractivity contribution in [2.45, 2.75) is 19.4 Å². The van der Waals surface area contributed by atoms with E-state index in [9.17, 15) is 0 Å². The van der Waals surface area contributed by atoms with E-state index in [2.05, 4.69) is 28.0 Å². The second-order valence-corrected chi connectivity index (χ2v) is 7.83. The van der Waals surface area contributed by atoms with E-state index in [0.717, 1.165) is 51.7 Å². The number of hydrogen-bond acceptors (Lipinski definition) is 5. The molecule has 0 aliphatic carbocycles. The SMILES string of the molecule is COCCN1C[C@H](COC)C2(CCN(Cc3ccccc3OC)CC2)C1. The number of ether oxygens (including phenoxy) is 3. The molecule has 0 unspecified atom stereocenters. The van der Waals surface area contributed by atoms with E-state index in [1.54, 1.807) is 14.2 Å². The smallest absolute Gasteiger partial charge is 0.123 e. The molecule has 5 nitrogen and oxygen atoms in total. The Labute approximate surface area is 158 Å². The standard InChI is InChI=1S/C21H34N2O3/c1-24-13-12-23-15-19(16-25-2)21(17-23)8-10-22(11-9-21)14-18-6-4-5-7-20(18)26-3/h4-7,19H,8-17H2,1-3H3/t19-/m1/s1. The second-order valence-electron chi connectivity index (χ2n) is 7.83. The van der Waals surface area contributed by atoms with Crippen LogP contribution in [0.2, 0.25) is 0 Å². The first-order chi connectivity index (χ1) is 12.7. The van der Waals surface area contributed by atoms with Gasteiger partial charge in [0.2, 0.25) is 0 Å². The van der Waals surface area contributed by atoms with Gasteiger partial charge < -0.3 is 19.1 Å². The molecule has 2 aliphatic heterocycles. The molecular weight excluding hydrogens is 328 g/mol. The summed E-state index contributed by atoms with van der Waals surface area (Å²) in [6.45, 7) is 8.32. The van der Waals surface area contributed by atoms with Gasteiger partial charge >= 0.3 is 0 Å². The predicted molar refractivity (Wildman–Crippen MR) is 104 cm³/mol. The van der Waals surface area contributed by atoms with E-state index in [1.165, 1.54) is 24.9 Å². The Hall–Kier alpha value is -1.14. The molecule has 26 heavy (non-hydrogen) atoms. The van der Waals surface area contributed by atoms with Gasteiger partial charge in [-0.25, -0.2) is 0 Å². The summed E-state index contributed by atoms with van der Waals surface area (Å²) in [4.78, 5) is 5.15. The van der Waals surface area contributed by atoms with Crippen molar-refractivity contribution in [1.29, 1.82) is 0 Å². The molecule has 2 saturated heterocycles. The summed E-state index contributed by atoms with van der Waals surface area (Å²) in [5.41, 5.74) is 1.69. The van der Waals surface area contributed by atoms with Crippen LogP contribution in [0.5, 0.6) is 5.75 Å². The van der Waals surface area contributed by atoms with Crippen molar-refractivity contribution < 1.29 is 14.2 Å². The first kappa shape index (κ1) is 19.6. The van der Waals surface area contributed by atoms with Gasteiger partial charge in [0, 0.05) is 51.9 Å². The molecule has 1 spiro atoms. The van der Waals surface area contributed by atoms with Crippen LogP contribution in [-0.2, 0) is 16.0 Å². The van der Waals surface area contributed by atoms with Gasteiger partial charge in [-0.2, -0.15) is 0 Å². The molecule has 1 aromatic carbocycles. The molecule has 0 bridgehead atoms. The van der Waals surface area contributed by atoms with Gasteiger partial charge in [-0.15, -0.1) is 0 Å². The zero-order chi connectivity index (χ0) is 18.4. The van der Waals surface area contributed by atoms with Gasteiger partial charge in [-0.3, -0.25) is 4.90 Å². The van der Waals surface area contributed by atoms with Gasteiger partial charge in [0.25, 0.3) is 0 Å². The Bertz CT molecular complexity index is 558. The topological polar surface area (TPSA) is 34.2 Å². The average molecular weight is 363 g/mol. The van der Waals surface area contributed by atoms with Crippen LogP contribution in [0.25, 0.3) is 0 Å². The van der Waals surface area contributed by atoms with Crippen LogP contribution in [0.1, 0.15) is 18.4 Å². The Morgan fingerprint density at radius 2 is 1.81 bits per heavy atom. The number of hydrogen-bond donors (Lipinski definition) is 0. The molecular formula is C21H34N2O3. The minimum absolute atomic E-state index is 0.404. The molecule has 2 aliphatic rings. The summed E-state index contributed by atoms with van der Waals surface area (Å²) >= 11 is 0. The summed E-state index contributed by atoms with van der Waals surface area (Å²) in [6, 6.07) is 8.37. The number of rotatable bonds is 8. The maximum Gasteiger partial charge on any atom is 0.123 e. The zero-order valence-electron chi connectivity index (χ0n) is 16.6. The predicted octanol–water partition coefficient (Wildman–Crippen LogP) is 2.50. The van der Waals surface area contributed by atoms with Crippen LogP contribution in [0.3, 0.4) is 0 Å². The fraction of sp³-hybridized carbons (Fsp3) is 0.714. The van der Waals surface area contributed by atoms with E-state index in [1.807, 2.05) is 13.2 Å². The van der Waals surface area contributed by atoms with Gasteiger partial charge in [-0.05, 0) is 37.4 Å². The number of benzene rings is 1. The maximum atomic E-state index is 5.57. The Morgan fingerprint density at radius 1 is 1.04 bits per heavy atom. The first-order valence-corrected chi connectivity index (χ1v) is 9.75. The lowest BCUT2D eigenvalue weighted by atomic mass is 9.71. The van der Waals surface area contributed by atoms with Crippen molar-refractivity contribution in [3.63, 3.8) is 0 Å². The van der Waals surface area contributed by atoms with Crippen LogP contribution in [0.4, 0.5) is 0 Å². The van der Waals surface area contributed by atoms with E-state index in [0.29, 0.717) is 11.3 Å². The van der Waals surface area contributed by atoms with E-state index in [4.69, 9.17) is 14.2 Å². The third kappa shape index (κ3) is 4.39. The molecule has 1 aromatic rings. The quantitative estimate of drug-likeness (QED) is 0.710. The molecule has 0 amide bonds. The van der Waals surface area contributed by atoms with Gasteiger partial charge in [0.1, 0.15) is 5.75 Å². The fourth-order valence-electron chi connectivity index (χ4n) is 4.76. The van der Waals surface area contributed by atoms with Gasteiger partial charge in [0.05, 0.1) is 20.3 Å². The van der Waals surface area contributed by atoms with Crippen molar-refractivity contribution in [1.82, 2.24) is 9.80 Å². The lowest BCUT2D eigenvalue weighted by molar-refractivity contribution is 0.0346. The highest BCUT2D eigenvalue weighted by molar-refractivity contribution is 5.33. The van der Waals surface area contributed by atoms with Crippen LogP contribution in [0.15, 0.2) is 24.3 Å². The van der Waals surface area contributed by atoms with E-state index < -0.39 is 0 Å². The van der Waals surface area contributed by atoms with E-state index >= 15 is 0 Å². The van der Waals surface area contributed by atoms with Crippen LogP contribution in [0, 0.1) is 11.3 Å². The molecule has 0 N–H and O–H groups in total. The van der Waals surface area contributed by atoms with Crippen molar-refractivity contribution in [3.8, 4) is 5.75 Å². The monoisotopic (exact) mass is 362 g/mol. The average Bonchev–Trinajstić information content (AvgIpc) is 3.00. The third-order valence-corrected chi connectivity index (χ3v) is 6.30. The van der Waals surface area contributed by atoms with Crippen molar-refractivity contribution >= 4 is 0 Å². The summed E-state index contributed by atoms with van der Waals surface area (Å²) in [6.07, 6.45) is 2.50. The number of nitrogens with zero attached hydrogens (tertiary/aromatic N) is 2. The lowest BCUT2D eigenvalue weighted by Crippen LogP contribution is -2.45. The minimum atomic E-state index is 0.404. The van der Waals surface area contributed by atoms with Crippen molar-refractivity contribution in [3.05, 3.63) is 29.8 Å². The maximum absolute atomic E-state index is 5.57. The normalized spacial score (nSPS) is 23.6. The Morgan fingerprint density at radius 3 is 2.50 bits per heavy atom. The highest BCUT2D eigenvalue weighted by atomic mass is 16.5. The van der Waals surface area contributed by atoms with Crippen LogP contribution in [-0.4, -0.2) is 77.1 Å². The Balaban J connectivity index is 1.60. The summed E-state index contributed by atoms with van der Waals surface area (Å²) in [5, 5.41) is 0. The number of piperidine rings is 1. The zero-order valence-corrected chi connectivity index (χ0v) is 16.6. The second kappa shape index (κ2) is 9.18. The first-order valence-electron chi connectivity index (χ1n) is 9.75. The molecule has 146 valence electrons. The minimum Gasteiger partial charge on any atom is -0.496 e. The summed E-state index contributed by atoms with van der Waals surface area (Å²) < 4.78 is 16.4. The summed E-state index contributed by atoms with van der Waals surface area (Å²) in [7, 11) is 5.38. The largest absolute Gasteiger partial charge is 0.496 e. The van der Waals surface area contributed by atoms with Crippen LogP contribution < -0.4 is 4.74 Å². The Kier molecular flexibility index (Phi) is 6.92. The van der Waals surface area contributed by atoms with Crippen molar-refractivity contribution in [2.24, 2.45) is 11.3 Å². The molecule has 2 heterocycles. The number of para-hydroxylation sites is 1. The van der Waals surface area contributed by atoms with Gasteiger partial charge in [-0.1, -0.05) is 18.2 Å². The van der Waals surface area contributed by atoms with Crippen molar-refractivity contribution in [2.75, 3.05) is 67.3 Å². The third-order valence-electron chi connectivity index (χ3n) is 6.30.